The van der Waals surface area contributed by atoms with E-state index in [1.807, 2.05) is 6.92 Å². The Labute approximate surface area is 157 Å². The quantitative estimate of drug-likeness (QED) is 0.396. The molecule has 0 fully saturated rings. The fourth-order valence-corrected chi connectivity index (χ4v) is 0.214. The topological polar surface area (TPSA) is 224 Å². The molecule has 0 saturated carbocycles. The first-order valence-electron chi connectivity index (χ1n) is 7.19. The highest BCUT2D eigenvalue weighted by Crippen LogP contribution is 1.82. The van der Waals surface area contributed by atoms with Crippen LogP contribution in [0.15, 0.2) is 0 Å². The number of hydrogen-bond donors (Lipinski definition) is 6. The van der Waals surface area contributed by atoms with Crippen LogP contribution in [0.5, 0.6) is 0 Å². The van der Waals surface area contributed by atoms with Gasteiger partial charge < -0.3 is 30.6 Å². The van der Waals surface area contributed by atoms with Gasteiger partial charge in [0.05, 0.1) is 0 Å². The Kier molecular flexibility index (Phi) is 49.5. The van der Waals surface area contributed by atoms with E-state index in [1.165, 1.54) is 0 Å². The maximum atomic E-state index is 9.60. The summed E-state index contributed by atoms with van der Waals surface area (Å²) < 4.78 is 0. The Bertz CT molecular complexity index is 351. The van der Waals surface area contributed by atoms with Crippen molar-refractivity contribution in [1.29, 1.82) is 0 Å². The van der Waals surface area contributed by atoms with Crippen LogP contribution in [0.3, 0.4) is 0 Å². The largest absolute Gasteiger partial charge is 0.481 e. The second-order valence-corrected chi connectivity index (χ2v) is 3.97. The zero-order valence-electron chi connectivity index (χ0n) is 16.3. The normalized spacial score (nSPS) is 6.89. The Morgan fingerprint density at radius 2 is 0.667 bits per heavy atom. The van der Waals surface area contributed by atoms with Gasteiger partial charge in [-0.2, -0.15) is 0 Å². The lowest BCUT2D eigenvalue weighted by molar-refractivity contribution is -0.137. The average molecular weight is 402 g/mol. The van der Waals surface area contributed by atoms with E-state index in [0.29, 0.717) is 6.42 Å². The first-order valence-corrected chi connectivity index (χ1v) is 7.19. The third-order valence-electron chi connectivity index (χ3n) is 0.766. The molecule has 0 saturated heterocycles. The summed E-state index contributed by atoms with van der Waals surface area (Å²) in [6, 6.07) is 0. The van der Waals surface area contributed by atoms with Crippen molar-refractivity contribution >= 4 is 35.8 Å². The van der Waals surface area contributed by atoms with Crippen LogP contribution in [-0.4, -0.2) is 66.5 Å². The molecule has 0 atom stereocenters. The minimum absolute atomic E-state index is 0.222. The van der Waals surface area contributed by atoms with Gasteiger partial charge in [-0.3, -0.25) is 28.8 Å². The lowest BCUT2D eigenvalue weighted by Crippen LogP contribution is -1.90. The van der Waals surface area contributed by atoms with Crippen molar-refractivity contribution in [3.05, 3.63) is 0 Å². The van der Waals surface area contributed by atoms with E-state index >= 15 is 0 Å². The fourth-order valence-electron chi connectivity index (χ4n) is 0.214. The highest BCUT2D eigenvalue weighted by atomic mass is 16.4. The van der Waals surface area contributed by atoms with E-state index < -0.39 is 35.8 Å². The summed E-state index contributed by atoms with van der Waals surface area (Å²) in [6.45, 7) is 7.77. The molecule has 0 radical (unpaired) electrons. The number of carbonyl (C=O) groups is 6. The van der Waals surface area contributed by atoms with Crippen LogP contribution in [0.4, 0.5) is 0 Å². The van der Waals surface area contributed by atoms with Crippen LogP contribution in [0.2, 0.25) is 0 Å². The van der Waals surface area contributed by atoms with Gasteiger partial charge in [0.25, 0.3) is 23.9 Å². The third-order valence-corrected chi connectivity index (χ3v) is 0.766. The molecule has 0 spiro atoms. The van der Waals surface area contributed by atoms with Crippen molar-refractivity contribution < 1.29 is 59.4 Å². The molecule has 0 aliphatic rings. The van der Waals surface area contributed by atoms with Crippen molar-refractivity contribution in [2.24, 2.45) is 0 Å². The molecule has 6 N–H and O–H groups in total. The molecule has 0 amide bonds. The summed E-state index contributed by atoms with van der Waals surface area (Å²) in [5, 5.41) is 45.3. The first kappa shape index (κ1) is 39.1. The van der Waals surface area contributed by atoms with Crippen molar-refractivity contribution in [3.63, 3.8) is 0 Å². The number of carboxylic acid groups (broad SMARTS) is 6. The van der Waals surface area contributed by atoms with Gasteiger partial charge in [-0.15, -0.1) is 0 Å². The molecule has 0 aromatic rings. The van der Waals surface area contributed by atoms with E-state index in [0.717, 1.165) is 34.1 Å². The third kappa shape index (κ3) is 2990. The molecule has 0 rings (SSSR count). The smallest absolute Gasteiger partial charge is 0.303 e. The summed E-state index contributed by atoms with van der Waals surface area (Å²) in [7, 11) is 0. The predicted octanol–water partition coefficient (Wildman–Crippen LogP) is 1.72. The molecule has 162 valence electrons. The molecule has 12 nitrogen and oxygen atoms in total. The fraction of sp³-hybridized carbons (Fsp3) is 0.600. The summed E-state index contributed by atoms with van der Waals surface area (Å²) in [5.74, 6) is -4.79. The molecule has 0 aromatic heterocycles. The minimum Gasteiger partial charge on any atom is -0.481 e. The van der Waals surface area contributed by atoms with Crippen molar-refractivity contribution in [2.75, 3.05) is 0 Å². The van der Waals surface area contributed by atoms with Gasteiger partial charge in [0, 0.05) is 40.5 Å². The monoisotopic (exact) mass is 402 g/mol. The van der Waals surface area contributed by atoms with E-state index in [-0.39, 0.29) is 6.42 Å². The van der Waals surface area contributed by atoms with Crippen LogP contribution < -0.4 is 0 Å². The zero-order valence-corrected chi connectivity index (χ0v) is 16.3. The van der Waals surface area contributed by atoms with Crippen LogP contribution >= 0.6 is 0 Å². The minimum atomic E-state index is -0.833. The van der Waals surface area contributed by atoms with Crippen molar-refractivity contribution in [1.82, 2.24) is 0 Å². The molecule has 0 unspecified atom stereocenters. The van der Waals surface area contributed by atoms with E-state index in [2.05, 4.69) is 0 Å². The summed E-state index contributed by atoms with van der Waals surface area (Å²) >= 11 is 0. The molecule has 0 heterocycles. The maximum Gasteiger partial charge on any atom is 0.303 e. The Morgan fingerprint density at radius 3 is 0.667 bits per heavy atom. The first-order chi connectivity index (χ1) is 12.0. The van der Waals surface area contributed by atoms with Crippen LogP contribution in [0, 0.1) is 0 Å². The molecule has 0 aliphatic heterocycles. The number of carboxylic acids is 6. The maximum absolute atomic E-state index is 9.60. The van der Waals surface area contributed by atoms with Gasteiger partial charge >= 0.3 is 11.9 Å². The SMILES string of the molecule is CC(=O)O.CC(=O)O.CC(=O)O.CC(=O)O.CCC(=O)O.CCCC(=O)O. The Morgan fingerprint density at radius 1 is 0.519 bits per heavy atom. The summed E-state index contributed by atoms with van der Waals surface area (Å²) in [5.41, 5.74) is 0. The molecule has 27 heavy (non-hydrogen) atoms. The van der Waals surface area contributed by atoms with E-state index in [4.69, 9.17) is 49.8 Å². The summed E-state index contributed by atoms with van der Waals surface area (Å²) in [6.07, 6.45) is 1.25. The molecule has 0 aromatic carbocycles. The molecule has 0 bridgehead atoms. The molecule has 12 heteroatoms. The second-order valence-electron chi connectivity index (χ2n) is 3.97. The van der Waals surface area contributed by atoms with Gasteiger partial charge in [-0.25, -0.2) is 0 Å². The zero-order chi connectivity index (χ0) is 23.6. The standard InChI is InChI=1S/C4H8O2.C3H6O2.4C2H4O2/c1-2-3-4(5)6;1-2-3(4)5;4*1-2(3)4/h2-3H2,1H3,(H,5,6);2H2,1H3,(H,4,5);4*1H3,(H,3,4). The molecular formula is C15H30O12. The Hall–Kier alpha value is -3.18. The van der Waals surface area contributed by atoms with Gasteiger partial charge in [-0.05, 0) is 6.42 Å². The number of rotatable bonds is 3. The number of hydrogen-bond acceptors (Lipinski definition) is 6. The van der Waals surface area contributed by atoms with Crippen LogP contribution in [0.25, 0.3) is 0 Å². The molecular weight excluding hydrogens is 372 g/mol. The van der Waals surface area contributed by atoms with Crippen LogP contribution in [-0.2, 0) is 28.8 Å². The van der Waals surface area contributed by atoms with Gasteiger partial charge in [-0.1, -0.05) is 13.8 Å². The van der Waals surface area contributed by atoms with Crippen molar-refractivity contribution in [2.45, 2.75) is 60.8 Å². The highest BCUT2D eigenvalue weighted by molar-refractivity contribution is 5.66. The van der Waals surface area contributed by atoms with Gasteiger partial charge in [0.1, 0.15) is 0 Å². The Balaban J connectivity index is -0.0000000494. The summed E-state index contributed by atoms with van der Waals surface area (Å²) in [4.78, 5) is 55.0. The number of aliphatic carboxylic acids is 6. The average Bonchev–Trinajstić information content (AvgIpc) is 2.36. The van der Waals surface area contributed by atoms with Gasteiger partial charge in [0.15, 0.2) is 0 Å². The predicted molar refractivity (Wildman–Crippen MR) is 93.7 cm³/mol. The van der Waals surface area contributed by atoms with Crippen molar-refractivity contribution in [3.8, 4) is 0 Å². The highest BCUT2D eigenvalue weighted by Gasteiger charge is 1.87. The van der Waals surface area contributed by atoms with Crippen LogP contribution in [0.1, 0.15) is 60.8 Å². The van der Waals surface area contributed by atoms with E-state index in [9.17, 15) is 9.59 Å². The van der Waals surface area contributed by atoms with E-state index in [1.54, 1.807) is 6.92 Å². The lowest BCUT2D eigenvalue weighted by atomic mass is 10.4. The lowest BCUT2D eigenvalue weighted by Gasteiger charge is -1.79. The second kappa shape index (κ2) is 34.2. The van der Waals surface area contributed by atoms with Gasteiger partial charge in [0.2, 0.25) is 0 Å². The molecule has 0 aliphatic carbocycles.